The van der Waals surface area contributed by atoms with Crippen LogP contribution in [0.2, 0.25) is 0 Å². The van der Waals surface area contributed by atoms with Crippen LogP contribution in [0.25, 0.3) is 22.2 Å². The van der Waals surface area contributed by atoms with Gasteiger partial charge in [-0.05, 0) is 24.6 Å². The first-order valence-electron chi connectivity index (χ1n) is 8.28. The molecule has 4 aromatic rings. The Morgan fingerprint density at radius 2 is 1.92 bits per heavy atom. The minimum Gasteiger partial charge on any atom is -0.485 e. The van der Waals surface area contributed by atoms with Crippen LogP contribution in [0.5, 0.6) is 5.75 Å². The maximum atomic E-state index is 9.63. The largest absolute Gasteiger partial charge is 0.485 e. The lowest BCUT2D eigenvalue weighted by molar-refractivity contribution is 0.304. The van der Waals surface area contributed by atoms with E-state index >= 15 is 0 Å². The molecule has 0 aliphatic carbocycles. The Kier molecular flexibility index (Phi) is 4.08. The van der Waals surface area contributed by atoms with E-state index in [1.807, 2.05) is 61.5 Å². The molecule has 0 unspecified atom stereocenters. The van der Waals surface area contributed by atoms with Crippen molar-refractivity contribution in [1.29, 1.82) is 5.26 Å². The Morgan fingerprint density at radius 3 is 2.77 bits per heavy atom. The zero-order valence-corrected chi connectivity index (χ0v) is 14.2. The van der Waals surface area contributed by atoms with Gasteiger partial charge in [-0.1, -0.05) is 42.5 Å². The molecule has 1 N–H and O–H groups in total. The molecule has 5 nitrogen and oxygen atoms in total. The van der Waals surface area contributed by atoms with Gasteiger partial charge in [-0.15, -0.1) is 0 Å². The molecule has 0 bridgehead atoms. The number of hydrogen-bond donors (Lipinski definition) is 1. The molecule has 0 spiro atoms. The fraction of sp³-hybridized carbons (Fsp3) is 0.0952. The van der Waals surface area contributed by atoms with Gasteiger partial charge in [0.1, 0.15) is 35.2 Å². The Balaban J connectivity index is 1.66. The number of benzene rings is 2. The van der Waals surface area contributed by atoms with E-state index < -0.39 is 0 Å². The van der Waals surface area contributed by atoms with E-state index in [-0.39, 0.29) is 6.61 Å². The zero-order valence-electron chi connectivity index (χ0n) is 14.2. The van der Waals surface area contributed by atoms with Crippen LogP contribution in [0.1, 0.15) is 16.8 Å². The Labute approximate surface area is 150 Å². The van der Waals surface area contributed by atoms with E-state index in [0.717, 1.165) is 22.0 Å². The maximum Gasteiger partial charge on any atom is 0.146 e. The quantitative estimate of drug-likeness (QED) is 0.598. The number of aromatic amines is 1. The van der Waals surface area contributed by atoms with E-state index in [0.29, 0.717) is 22.7 Å². The second kappa shape index (κ2) is 6.69. The summed E-state index contributed by atoms with van der Waals surface area (Å²) in [5.41, 5.74) is 4.62. The van der Waals surface area contributed by atoms with Crippen LogP contribution in [0.3, 0.4) is 0 Å². The number of fused-ring (bicyclic) bond motifs is 1. The summed E-state index contributed by atoms with van der Waals surface area (Å²) in [6.07, 6.45) is 1.74. The van der Waals surface area contributed by atoms with Gasteiger partial charge in [0.25, 0.3) is 0 Å². The number of pyridine rings is 1. The zero-order chi connectivity index (χ0) is 17.9. The molecular formula is C21H16N4O. The molecule has 26 heavy (non-hydrogen) atoms. The summed E-state index contributed by atoms with van der Waals surface area (Å²) < 4.78 is 5.94. The molecule has 4 rings (SSSR count). The van der Waals surface area contributed by atoms with Crippen molar-refractivity contribution in [2.24, 2.45) is 0 Å². The number of para-hydroxylation sites is 1. The lowest BCUT2D eigenvalue weighted by Gasteiger charge is -2.08. The van der Waals surface area contributed by atoms with Crippen LogP contribution >= 0.6 is 0 Å². The molecule has 0 amide bonds. The van der Waals surface area contributed by atoms with E-state index in [1.54, 1.807) is 6.20 Å². The first-order chi connectivity index (χ1) is 12.8. The van der Waals surface area contributed by atoms with Gasteiger partial charge >= 0.3 is 0 Å². The summed E-state index contributed by atoms with van der Waals surface area (Å²) in [4.78, 5) is 4.38. The van der Waals surface area contributed by atoms with Gasteiger partial charge in [0.05, 0.1) is 5.69 Å². The van der Waals surface area contributed by atoms with Crippen LogP contribution in [-0.2, 0) is 6.61 Å². The van der Waals surface area contributed by atoms with Crippen LogP contribution < -0.4 is 4.74 Å². The average Bonchev–Trinajstić information content (AvgIpc) is 3.09. The first-order valence-corrected chi connectivity index (χ1v) is 8.28. The summed E-state index contributed by atoms with van der Waals surface area (Å²) in [7, 11) is 0. The highest BCUT2D eigenvalue weighted by molar-refractivity contribution is 5.84. The summed E-state index contributed by atoms with van der Waals surface area (Å²) in [6, 6.07) is 19.8. The number of hydrogen-bond acceptors (Lipinski definition) is 4. The monoisotopic (exact) mass is 340 g/mol. The third kappa shape index (κ3) is 2.78. The smallest absolute Gasteiger partial charge is 0.146 e. The third-order valence-electron chi connectivity index (χ3n) is 4.32. The molecule has 0 radical (unpaired) electrons. The van der Waals surface area contributed by atoms with Crippen molar-refractivity contribution in [2.75, 3.05) is 0 Å². The Bertz CT molecular complexity index is 1120. The van der Waals surface area contributed by atoms with E-state index in [1.165, 1.54) is 0 Å². The highest BCUT2D eigenvalue weighted by Crippen LogP contribution is 2.28. The van der Waals surface area contributed by atoms with Gasteiger partial charge in [0, 0.05) is 17.1 Å². The van der Waals surface area contributed by atoms with Crippen LogP contribution in [-0.4, -0.2) is 15.2 Å². The summed E-state index contributed by atoms with van der Waals surface area (Å²) in [5.74, 6) is 0.680. The predicted octanol–water partition coefficient (Wildman–Crippen LogP) is 4.38. The number of aryl methyl sites for hydroxylation is 1. The third-order valence-corrected chi connectivity index (χ3v) is 4.32. The van der Waals surface area contributed by atoms with Gasteiger partial charge in [0.2, 0.25) is 0 Å². The number of ether oxygens (including phenoxy) is 1. The number of nitrogens with zero attached hydrogens (tertiary/aromatic N) is 3. The van der Waals surface area contributed by atoms with Crippen molar-refractivity contribution in [1.82, 2.24) is 15.2 Å². The molecule has 2 aromatic carbocycles. The second-order valence-electron chi connectivity index (χ2n) is 5.97. The number of nitriles is 1. The number of nitrogens with one attached hydrogen (secondary N) is 1. The SMILES string of the molecule is Cc1ccccc1-c1n[nH]c(COc2cccc3cccnc23)c1C#N. The summed E-state index contributed by atoms with van der Waals surface area (Å²) in [6.45, 7) is 2.22. The molecule has 2 aromatic heterocycles. The molecule has 0 atom stereocenters. The predicted molar refractivity (Wildman–Crippen MR) is 99.6 cm³/mol. The molecule has 0 aliphatic rings. The Hall–Kier alpha value is -3.65. The second-order valence-corrected chi connectivity index (χ2v) is 5.97. The van der Waals surface area contributed by atoms with Gasteiger partial charge < -0.3 is 4.74 Å². The van der Waals surface area contributed by atoms with Crippen LogP contribution in [0, 0.1) is 18.3 Å². The van der Waals surface area contributed by atoms with Crippen molar-refractivity contribution in [3.8, 4) is 23.1 Å². The number of H-pyrrole nitrogens is 1. The van der Waals surface area contributed by atoms with Gasteiger partial charge in [0.15, 0.2) is 0 Å². The topological polar surface area (TPSA) is 74.6 Å². The fourth-order valence-electron chi connectivity index (χ4n) is 2.98. The minimum absolute atomic E-state index is 0.220. The van der Waals surface area contributed by atoms with E-state index in [2.05, 4.69) is 21.3 Å². The van der Waals surface area contributed by atoms with Crippen LogP contribution in [0.4, 0.5) is 0 Å². The van der Waals surface area contributed by atoms with Gasteiger partial charge in [-0.25, -0.2) is 0 Å². The molecule has 0 saturated carbocycles. The molecule has 5 heteroatoms. The van der Waals surface area contributed by atoms with E-state index in [4.69, 9.17) is 4.74 Å². The maximum absolute atomic E-state index is 9.63. The summed E-state index contributed by atoms with van der Waals surface area (Å²) >= 11 is 0. The van der Waals surface area contributed by atoms with E-state index in [9.17, 15) is 5.26 Å². The lowest BCUT2D eigenvalue weighted by atomic mass is 10.0. The van der Waals surface area contributed by atoms with Crippen molar-refractivity contribution < 1.29 is 4.74 Å². The van der Waals surface area contributed by atoms with Crippen molar-refractivity contribution in [2.45, 2.75) is 13.5 Å². The molecule has 126 valence electrons. The Morgan fingerprint density at radius 1 is 1.08 bits per heavy atom. The standard InChI is InChI=1S/C21H16N4O/c1-14-6-2-3-9-16(14)21-17(12-22)18(24-25-21)13-26-19-10-4-7-15-8-5-11-23-20(15)19/h2-11H,13H2,1H3,(H,24,25). The molecular weight excluding hydrogens is 324 g/mol. The minimum atomic E-state index is 0.220. The van der Waals surface area contributed by atoms with Crippen molar-refractivity contribution in [3.05, 3.63) is 77.6 Å². The normalized spacial score (nSPS) is 10.6. The van der Waals surface area contributed by atoms with Crippen LogP contribution in [0.15, 0.2) is 60.8 Å². The molecule has 2 heterocycles. The van der Waals surface area contributed by atoms with Gasteiger partial charge in [-0.3, -0.25) is 10.1 Å². The van der Waals surface area contributed by atoms with Crippen molar-refractivity contribution >= 4 is 10.9 Å². The number of rotatable bonds is 4. The fourth-order valence-corrected chi connectivity index (χ4v) is 2.98. The number of aromatic nitrogens is 3. The van der Waals surface area contributed by atoms with Gasteiger partial charge in [-0.2, -0.15) is 10.4 Å². The summed E-state index contributed by atoms with van der Waals surface area (Å²) in [5, 5.41) is 17.9. The highest BCUT2D eigenvalue weighted by Gasteiger charge is 2.16. The molecule has 0 saturated heterocycles. The molecule has 0 fully saturated rings. The highest BCUT2D eigenvalue weighted by atomic mass is 16.5. The molecule has 0 aliphatic heterocycles. The average molecular weight is 340 g/mol. The van der Waals surface area contributed by atoms with Crippen molar-refractivity contribution in [3.63, 3.8) is 0 Å². The lowest BCUT2D eigenvalue weighted by Crippen LogP contribution is -1.99. The first kappa shape index (κ1) is 15.9.